The van der Waals surface area contributed by atoms with Gasteiger partial charge in [0.05, 0.1) is 0 Å². The van der Waals surface area contributed by atoms with Crippen LogP contribution in [0.2, 0.25) is 0 Å². The first-order chi connectivity index (χ1) is 6.92. The van der Waals surface area contributed by atoms with E-state index in [1.165, 1.54) is 10.6 Å². The normalized spacial score (nSPS) is 24.9. The van der Waals surface area contributed by atoms with Crippen LogP contribution in [0.4, 0.5) is 0 Å². The van der Waals surface area contributed by atoms with Gasteiger partial charge in [-0.3, -0.25) is 5.32 Å². The highest BCUT2D eigenvalue weighted by Crippen LogP contribution is 2.38. The van der Waals surface area contributed by atoms with Gasteiger partial charge in [0.2, 0.25) is 0 Å². The van der Waals surface area contributed by atoms with Gasteiger partial charge in [-0.25, -0.2) is 4.98 Å². The highest BCUT2D eigenvalue weighted by Gasteiger charge is 2.47. The van der Waals surface area contributed by atoms with Crippen LogP contribution in [0.3, 0.4) is 0 Å². The standard InChI is InChI=1S/C11H10N2S/c1-2-4-9(5-3-1)11(8-13-11)10-12-6-7-14-10/h1-7,13H,8H2. The summed E-state index contributed by atoms with van der Waals surface area (Å²) in [6, 6.07) is 10.5. The highest BCUT2D eigenvalue weighted by atomic mass is 32.1. The summed E-state index contributed by atoms with van der Waals surface area (Å²) in [6.45, 7) is 1.00. The molecule has 0 spiro atoms. The van der Waals surface area contributed by atoms with Crippen LogP contribution in [0.5, 0.6) is 0 Å². The number of thiazole rings is 1. The number of hydrogen-bond acceptors (Lipinski definition) is 3. The molecule has 3 heteroatoms. The lowest BCUT2D eigenvalue weighted by molar-refractivity contribution is 0.808. The fourth-order valence-corrected chi connectivity index (χ4v) is 2.56. The summed E-state index contributed by atoms with van der Waals surface area (Å²) in [5.74, 6) is 0. The van der Waals surface area contributed by atoms with Gasteiger partial charge in [-0.2, -0.15) is 0 Å². The summed E-state index contributed by atoms with van der Waals surface area (Å²) >= 11 is 1.71. The van der Waals surface area contributed by atoms with Gasteiger partial charge in [0.25, 0.3) is 0 Å². The molecule has 1 atom stereocenters. The molecule has 70 valence electrons. The predicted octanol–water partition coefficient (Wildman–Crippen LogP) is 1.99. The zero-order chi connectivity index (χ0) is 9.43. The molecule has 0 radical (unpaired) electrons. The van der Waals surface area contributed by atoms with Crippen molar-refractivity contribution >= 4 is 11.3 Å². The smallest absolute Gasteiger partial charge is 0.119 e. The van der Waals surface area contributed by atoms with Crippen LogP contribution in [0, 0.1) is 0 Å². The Hall–Kier alpha value is -1.19. The fraction of sp³-hybridized carbons (Fsp3) is 0.182. The van der Waals surface area contributed by atoms with Crippen molar-refractivity contribution in [3.05, 3.63) is 52.5 Å². The van der Waals surface area contributed by atoms with Gasteiger partial charge >= 0.3 is 0 Å². The van der Waals surface area contributed by atoms with Gasteiger partial charge in [0, 0.05) is 18.1 Å². The number of hydrogen-bond donors (Lipinski definition) is 1. The van der Waals surface area contributed by atoms with Crippen molar-refractivity contribution in [3.63, 3.8) is 0 Å². The van der Waals surface area contributed by atoms with Crippen molar-refractivity contribution in [2.45, 2.75) is 5.54 Å². The molecule has 2 nitrogen and oxygen atoms in total. The highest BCUT2D eigenvalue weighted by molar-refractivity contribution is 7.09. The maximum absolute atomic E-state index is 4.38. The Morgan fingerprint density at radius 3 is 2.64 bits per heavy atom. The predicted molar refractivity (Wildman–Crippen MR) is 57.3 cm³/mol. The Balaban J connectivity index is 2.07. The van der Waals surface area contributed by atoms with E-state index in [0.29, 0.717) is 0 Å². The lowest BCUT2D eigenvalue weighted by Crippen LogP contribution is -2.13. The van der Waals surface area contributed by atoms with E-state index < -0.39 is 0 Å². The van der Waals surface area contributed by atoms with E-state index in [1.807, 2.05) is 17.6 Å². The van der Waals surface area contributed by atoms with Crippen LogP contribution >= 0.6 is 11.3 Å². The molecule has 1 aliphatic heterocycles. The van der Waals surface area contributed by atoms with Gasteiger partial charge in [0.15, 0.2) is 0 Å². The molecule has 1 saturated heterocycles. The number of rotatable bonds is 2. The van der Waals surface area contributed by atoms with E-state index in [9.17, 15) is 0 Å². The third-order valence-corrected chi connectivity index (χ3v) is 3.53. The topological polar surface area (TPSA) is 34.8 Å². The van der Waals surface area contributed by atoms with E-state index in [0.717, 1.165) is 6.54 Å². The first-order valence-electron chi connectivity index (χ1n) is 4.62. The van der Waals surface area contributed by atoms with Gasteiger partial charge in [-0.1, -0.05) is 30.3 Å². The van der Waals surface area contributed by atoms with Crippen molar-refractivity contribution in [2.24, 2.45) is 0 Å². The quantitative estimate of drug-likeness (QED) is 0.756. The summed E-state index contributed by atoms with van der Waals surface area (Å²) < 4.78 is 0. The molecule has 1 aliphatic rings. The van der Waals surface area contributed by atoms with Gasteiger partial charge in [-0.05, 0) is 5.56 Å². The molecule has 14 heavy (non-hydrogen) atoms. The van der Waals surface area contributed by atoms with Crippen LogP contribution in [-0.2, 0) is 5.54 Å². The Kier molecular flexibility index (Phi) is 1.69. The van der Waals surface area contributed by atoms with Crippen LogP contribution in [0.15, 0.2) is 41.9 Å². The Labute approximate surface area is 86.6 Å². The number of nitrogens with zero attached hydrogens (tertiary/aromatic N) is 1. The number of nitrogens with one attached hydrogen (secondary N) is 1. The number of benzene rings is 1. The lowest BCUT2D eigenvalue weighted by atomic mass is 10.0. The molecule has 0 aliphatic carbocycles. The molecule has 2 heterocycles. The second-order valence-electron chi connectivity index (χ2n) is 3.46. The van der Waals surface area contributed by atoms with Crippen molar-refractivity contribution in [1.82, 2.24) is 10.3 Å². The van der Waals surface area contributed by atoms with Crippen LogP contribution in [-0.4, -0.2) is 11.5 Å². The summed E-state index contributed by atoms with van der Waals surface area (Å²) in [4.78, 5) is 4.38. The van der Waals surface area contributed by atoms with Crippen molar-refractivity contribution in [1.29, 1.82) is 0 Å². The van der Waals surface area contributed by atoms with Crippen LogP contribution in [0.25, 0.3) is 0 Å². The third kappa shape index (κ3) is 1.10. The monoisotopic (exact) mass is 202 g/mol. The van der Waals surface area contributed by atoms with E-state index in [2.05, 4.69) is 34.6 Å². The molecule has 3 rings (SSSR count). The van der Waals surface area contributed by atoms with Gasteiger partial charge in [-0.15, -0.1) is 11.3 Å². The van der Waals surface area contributed by atoms with Crippen molar-refractivity contribution in [3.8, 4) is 0 Å². The maximum atomic E-state index is 4.38. The third-order valence-electron chi connectivity index (χ3n) is 2.59. The average Bonchev–Trinajstić information content (AvgIpc) is 2.88. The van der Waals surface area contributed by atoms with Gasteiger partial charge < -0.3 is 0 Å². The lowest BCUT2D eigenvalue weighted by Gasteiger charge is -2.10. The summed E-state index contributed by atoms with van der Waals surface area (Å²) in [6.07, 6.45) is 1.87. The second kappa shape index (κ2) is 2.90. The summed E-state index contributed by atoms with van der Waals surface area (Å²) in [7, 11) is 0. The SMILES string of the molecule is c1ccc(C2(c3nccs3)CN2)cc1. The first-order valence-corrected chi connectivity index (χ1v) is 5.50. The molecule has 1 fully saturated rings. The molecule has 1 aromatic carbocycles. The molecule has 0 amide bonds. The Morgan fingerprint density at radius 1 is 1.29 bits per heavy atom. The van der Waals surface area contributed by atoms with E-state index in [-0.39, 0.29) is 5.54 Å². The van der Waals surface area contributed by atoms with Crippen LogP contribution in [0.1, 0.15) is 10.6 Å². The zero-order valence-corrected chi connectivity index (χ0v) is 8.42. The second-order valence-corrected chi connectivity index (χ2v) is 4.36. The average molecular weight is 202 g/mol. The summed E-state index contributed by atoms with van der Waals surface area (Å²) in [5.41, 5.74) is 1.34. The Morgan fingerprint density at radius 2 is 2.07 bits per heavy atom. The first kappa shape index (κ1) is 8.15. The van der Waals surface area contributed by atoms with Crippen molar-refractivity contribution in [2.75, 3.05) is 6.54 Å². The minimum atomic E-state index is 0.0232. The molecule has 1 unspecified atom stereocenters. The molecular weight excluding hydrogens is 192 g/mol. The van der Waals surface area contributed by atoms with Gasteiger partial charge in [0.1, 0.15) is 10.5 Å². The molecular formula is C11H10N2S. The van der Waals surface area contributed by atoms with E-state index in [4.69, 9.17) is 0 Å². The van der Waals surface area contributed by atoms with E-state index >= 15 is 0 Å². The Bertz CT molecular complexity index is 418. The fourth-order valence-electron chi connectivity index (χ4n) is 1.72. The molecule has 1 N–H and O–H groups in total. The minimum absolute atomic E-state index is 0.0232. The van der Waals surface area contributed by atoms with Crippen molar-refractivity contribution < 1.29 is 0 Å². The summed E-state index contributed by atoms with van der Waals surface area (Å²) in [5, 5.41) is 6.61. The molecule has 1 aromatic heterocycles. The zero-order valence-electron chi connectivity index (χ0n) is 7.60. The maximum Gasteiger partial charge on any atom is 0.119 e. The minimum Gasteiger partial charge on any atom is -0.298 e. The van der Waals surface area contributed by atoms with E-state index in [1.54, 1.807) is 11.3 Å². The molecule has 0 bridgehead atoms. The largest absolute Gasteiger partial charge is 0.298 e. The molecule has 2 aromatic rings. The molecule has 0 saturated carbocycles. The number of aromatic nitrogens is 1. The van der Waals surface area contributed by atoms with Crippen LogP contribution < -0.4 is 5.32 Å².